The molecule has 2 aromatic carbocycles. The van der Waals surface area contributed by atoms with Crippen LogP contribution in [-0.4, -0.2) is 30.3 Å². The maximum atomic E-state index is 13.0. The van der Waals surface area contributed by atoms with Crippen molar-refractivity contribution in [1.82, 2.24) is 5.32 Å². The molecule has 1 aliphatic heterocycles. The number of thioether (sulfide) groups is 1. The van der Waals surface area contributed by atoms with Crippen LogP contribution in [0.3, 0.4) is 0 Å². The molecular formula is C20H15BrClFN2O4S. The summed E-state index contributed by atoms with van der Waals surface area (Å²) >= 11 is 10.8. The van der Waals surface area contributed by atoms with E-state index in [2.05, 4.69) is 26.2 Å². The maximum absolute atomic E-state index is 13.0. The molecule has 1 N–H and O–H groups in total. The Morgan fingerprint density at radius 1 is 1.33 bits per heavy atom. The van der Waals surface area contributed by atoms with Crippen molar-refractivity contribution in [1.29, 1.82) is 0 Å². The van der Waals surface area contributed by atoms with Crippen molar-refractivity contribution < 1.29 is 23.5 Å². The summed E-state index contributed by atoms with van der Waals surface area (Å²) in [5, 5.41) is 3.32. The first-order valence-electron chi connectivity index (χ1n) is 8.68. The number of hydrogen-bond acceptors (Lipinski definition) is 6. The molecule has 0 aliphatic carbocycles. The van der Waals surface area contributed by atoms with Crippen molar-refractivity contribution >= 4 is 68.1 Å². The third-order valence-corrected chi connectivity index (χ3v) is 5.45. The van der Waals surface area contributed by atoms with E-state index in [0.29, 0.717) is 31.5 Å². The third kappa shape index (κ3) is 5.84. The Kier molecular flexibility index (Phi) is 7.52. The van der Waals surface area contributed by atoms with Gasteiger partial charge in [0.1, 0.15) is 5.82 Å². The lowest BCUT2D eigenvalue weighted by molar-refractivity contribution is -0.145. The first kappa shape index (κ1) is 22.3. The zero-order chi connectivity index (χ0) is 21.7. The Bertz CT molecular complexity index is 1020. The molecule has 10 heteroatoms. The molecule has 1 aliphatic rings. The van der Waals surface area contributed by atoms with E-state index >= 15 is 0 Å². The minimum absolute atomic E-state index is 0.260. The van der Waals surface area contributed by atoms with Crippen LogP contribution >= 0.6 is 39.3 Å². The molecule has 0 saturated carbocycles. The van der Waals surface area contributed by atoms with Gasteiger partial charge in [-0.3, -0.25) is 4.79 Å². The second-order valence-electron chi connectivity index (χ2n) is 5.87. The van der Waals surface area contributed by atoms with Gasteiger partial charge in [-0.05, 0) is 82.7 Å². The topological polar surface area (TPSA) is 77.0 Å². The molecule has 0 spiro atoms. The van der Waals surface area contributed by atoms with Crippen molar-refractivity contribution in [2.24, 2.45) is 4.99 Å². The lowest BCUT2D eigenvalue weighted by atomic mass is 10.2. The van der Waals surface area contributed by atoms with Gasteiger partial charge < -0.3 is 14.8 Å². The molecule has 6 nitrogen and oxygen atoms in total. The van der Waals surface area contributed by atoms with Crippen LogP contribution in [0.5, 0.6) is 5.75 Å². The van der Waals surface area contributed by atoms with Crippen LogP contribution in [0, 0.1) is 5.82 Å². The molecular weight excluding hydrogens is 499 g/mol. The minimum atomic E-state index is -0.501. The quantitative estimate of drug-likeness (QED) is 0.431. The zero-order valence-corrected chi connectivity index (χ0v) is 18.7. The van der Waals surface area contributed by atoms with Crippen molar-refractivity contribution in [2.75, 3.05) is 13.2 Å². The Labute approximate surface area is 189 Å². The van der Waals surface area contributed by atoms with Gasteiger partial charge >= 0.3 is 5.97 Å². The number of benzene rings is 2. The molecule has 156 valence electrons. The van der Waals surface area contributed by atoms with Crippen molar-refractivity contribution in [3.63, 3.8) is 0 Å². The highest BCUT2D eigenvalue weighted by Gasteiger charge is 2.24. The number of nitrogens with one attached hydrogen (secondary N) is 1. The number of amides is 1. The van der Waals surface area contributed by atoms with Crippen LogP contribution in [0.25, 0.3) is 6.08 Å². The van der Waals surface area contributed by atoms with E-state index in [4.69, 9.17) is 21.1 Å². The summed E-state index contributed by atoms with van der Waals surface area (Å²) in [5.41, 5.74) is 1.17. The van der Waals surface area contributed by atoms with Gasteiger partial charge in [0.25, 0.3) is 5.91 Å². The van der Waals surface area contributed by atoms with Gasteiger partial charge in [0.15, 0.2) is 17.5 Å². The fraction of sp³-hybridized carbons (Fsp3) is 0.150. The van der Waals surface area contributed by atoms with Gasteiger partial charge in [-0.1, -0.05) is 11.6 Å². The molecule has 1 saturated heterocycles. The predicted octanol–water partition coefficient (Wildman–Crippen LogP) is 5.08. The number of amidine groups is 1. The highest BCUT2D eigenvalue weighted by atomic mass is 79.9. The largest absolute Gasteiger partial charge is 0.479 e. The van der Waals surface area contributed by atoms with Gasteiger partial charge in [-0.25, -0.2) is 14.2 Å². The van der Waals surface area contributed by atoms with Crippen LogP contribution in [0.4, 0.5) is 10.1 Å². The third-order valence-electron chi connectivity index (χ3n) is 3.67. The van der Waals surface area contributed by atoms with Gasteiger partial charge in [0.2, 0.25) is 0 Å². The van der Waals surface area contributed by atoms with E-state index in [-0.39, 0.29) is 30.0 Å². The summed E-state index contributed by atoms with van der Waals surface area (Å²) < 4.78 is 23.8. The van der Waals surface area contributed by atoms with E-state index in [0.717, 1.165) is 11.8 Å². The lowest BCUT2D eigenvalue weighted by Crippen LogP contribution is -2.19. The van der Waals surface area contributed by atoms with Crippen LogP contribution in [0.1, 0.15) is 12.5 Å². The number of halogens is 3. The van der Waals surface area contributed by atoms with E-state index in [1.54, 1.807) is 25.1 Å². The number of carbonyl (C=O) groups excluding carboxylic acids is 2. The highest BCUT2D eigenvalue weighted by molar-refractivity contribution is 9.10. The van der Waals surface area contributed by atoms with Crippen LogP contribution < -0.4 is 10.1 Å². The molecule has 30 heavy (non-hydrogen) atoms. The van der Waals surface area contributed by atoms with Gasteiger partial charge in [-0.15, -0.1) is 0 Å². The molecule has 1 fully saturated rings. The number of nitrogens with zero attached hydrogens (tertiary/aromatic N) is 1. The number of ether oxygens (including phenoxy) is 2. The molecule has 0 radical (unpaired) electrons. The highest BCUT2D eigenvalue weighted by Crippen LogP contribution is 2.36. The zero-order valence-electron chi connectivity index (χ0n) is 15.6. The van der Waals surface area contributed by atoms with Crippen molar-refractivity contribution in [3.8, 4) is 5.75 Å². The second-order valence-corrected chi connectivity index (χ2v) is 8.16. The van der Waals surface area contributed by atoms with Crippen molar-refractivity contribution in [3.05, 3.63) is 62.2 Å². The standard InChI is InChI=1S/C20H15BrClFN2O4S/c1-2-28-17(26)10-29-18-14(21)7-11(8-15(18)22)9-16-19(27)25-20(30-16)24-13-5-3-12(23)4-6-13/h3-9H,2,10H2,1H3,(H,24,25,27)/b16-9+. The monoisotopic (exact) mass is 512 g/mol. The molecule has 1 amide bonds. The van der Waals surface area contributed by atoms with E-state index in [9.17, 15) is 14.0 Å². The van der Waals surface area contributed by atoms with Gasteiger partial charge in [-0.2, -0.15) is 0 Å². The number of hydrogen-bond donors (Lipinski definition) is 1. The molecule has 0 atom stereocenters. The van der Waals surface area contributed by atoms with Crippen LogP contribution in [0.15, 0.2) is 50.8 Å². The molecule has 3 rings (SSSR count). The summed E-state index contributed by atoms with van der Waals surface area (Å²) in [7, 11) is 0. The lowest BCUT2D eigenvalue weighted by Gasteiger charge is -2.10. The average Bonchev–Trinajstić information content (AvgIpc) is 3.02. The molecule has 0 bridgehead atoms. The fourth-order valence-electron chi connectivity index (χ4n) is 2.40. The fourth-order valence-corrected chi connectivity index (χ4v) is 4.23. The summed E-state index contributed by atoms with van der Waals surface area (Å²) in [6, 6.07) is 8.95. The summed E-state index contributed by atoms with van der Waals surface area (Å²) in [6.07, 6.45) is 1.65. The molecule has 1 heterocycles. The first-order valence-corrected chi connectivity index (χ1v) is 10.7. The SMILES string of the molecule is CCOC(=O)COc1c(Cl)cc(/C=C2/SC(=Nc3ccc(F)cc3)NC2=O)cc1Br. The Hall–Kier alpha value is -2.36. The molecule has 2 aromatic rings. The second kappa shape index (κ2) is 10.1. The minimum Gasteiger partial charge on any atom is -0.479 e. The Morgan fingerprint density at radius 3 is 2.73 bits per heavy atom. The number of rotatable bonds is 6. The summed E-state index contributed by atoms with van der Waals surface area (Å²) in [4.78, 5) is 28.4. The first-order chi connectivity index (χ1) is 14.4. The Morgan fingerprint density at radius 2 is 2.07 bits per heavy atom. The van der Waals surface area contributed by atoms with E-state index < -0.39 is 5.97 Å². The number of aliphatic imine (C=N–C) groups is 1. The number of carbonyl (C=O) groups is 2. The van der Waals surface area contributed by atoms with Gasteiger partial charge in [0, 0.05) is 0 Å². The summed E-state index contributed by atoms with van der Waals surface area (Å²) in [6.45, 7) is 1.69. The van der Waals surface area contributed by atoms with Crippen LogP contribution in [0.2, 0.25) is 5.02 Å². The van der Waals surface area contributed by atoms with Crippen molar-refractivity contribution in [2.45, 2.75) is 6.92 Å². The summed E-state index contributed by atoms with van der Waals surface area (Å²) in [5.74, 6) is -0.872. The average molecular weight is 514 g/mol. The van der Waals surface area contributed by atoms with Gasteiger partial charge in [0.05, 0.1) is 26.7 Å². The van der Waals surface area contributed by atoms with Crippen LogP contribution in [-0.2, 0) is 14.3 Å². The van der Waals surface area contributed by atoms with E-state index in [1.165, 1.54) is 24.3 Å². The van der Waals surface area contributed by atoms with E-state index in [1.807, 2.05) is 0 Å². The molecule has 0 unspecified atom stereocenters. The Balaban J connectivity index is 1.75. The smallest absolute Gasteiger partial charge is 0.344 e. The maximum Gasteiger partial charge on any atom is 0.344 e. The predicted molar refractivity (Wildman–Crippen MR) is 118 cm³/mol. The molecule has 0 aromatic heterocycles. The number of esters is 1. The normalized spacial score (nSPS) is 16.1.